The van der Waals surface area contributed by atoms with Crippen LogP contribution in [0.5, 0.6) is 0 Å². The van der Waals surface area contributed by atoms with Crippen molar-refractivity contribution in [2.24, 2.45) is 4.99 Å². The molecule has 2 unspecified atom stereocenters. The fraction of sp³-hybridized carbons (Fsp3) is 0.360. The lowest BCUT2D eigenvalue weighted by molar-refractivity contribution is -0.121. The highest BCUT2D eigenvalue weighted by Crippen LogP contribution is 2.29. The quantitative estimate of drug-likeness (QED) is 0.605. The van der Waals surface area contributed by atoms with Gasteiger partial charge in [0.1, 0.15) is 5.25 Å². The smallest absolute Gasteiger partial charge is 0.262 e. The molecule has 4 rings (SSSR count). The van der Waals surface area contributed by atoms with Gasteiger partial charge < -0.3 is 15.5 Å². The van der Waals surface area contributed by atoms with Crippen LogP contribution in [0.4, 0.5) is 5.69 Å². The maximum atomic E-state index is 12.6. The first kappa shape index (κ1) is 24.3. The van der Waals surface area contributed by atoms with Crippen LogP contribution in [-0.4, -0.2) is 46.1 Å². The topological polar surface area (TPSA) is 90.9 Å². The molecule has 0 saturated carbocycles. The second-order valence-corrected chi connectivity index (χ2v) is 10.0. The summed E-state index contributed by atoms with van der Waals surface area (Å²) < 4.78 is 0. The number of benzene rings is 2. The van der Waals surface area contributed by atoms with E-state index in [0.717, 1.165) is 36.7 Å². The highest BCUT2D eigenvalue weighted by molar-refractivity contribution is 8.15. The third-order valence-corrected chi connectivity index (χ3v) is 7.43. The number of aliphatic imine (C=N–C) groups is 1. The van der Waals surface area contributed by atoms with Crippen LogP contribution in [0.2, 0.25) is 5.02 Å². The van der Waals surface area contributed by atoms with Gasteiger partial charge in [0.2, 0.25) is 5.91 Å². The van der Waals surface area contributed by atoms with Crippen LogP contribution in [0, 0.1) is 0 Å². The van der Waals surface area contributed by atoms with Gasteiger partial charge in [-0.25, -0.2) is 0 Å². The van der Waals surface area contributed by atoms with E-state index < -0.39 is 5.25 Å². The minimum Gasteiger partial charge on any atom is -0.351 e. The summed E-state index contributed by atoms with van der Waals surface area (Å²) in [6, 6.07) is 13.8. The highest BCUT2D eigenvalue weighted by atomic mass is 35.5. The van der Waals surface area contributed by atoms with Crippen LogP contribution < -0.4 is 10.6 Å². The number of rotatable bonds is 6. The normalized spacial score (nSPS) is 18.9. The fourth-order valence-electron chi connectivity index (χ4n) is 4.00. The minimum atomic E-state index is -0.492. The first-order valence-electron chi connectivity index (χ1n) is 11.4. The van der Waals surface area contributed by atoms with Crippen molar-refractivity contribution in [3.05, 3.63) is 64.7 Å². The summed E-state index contributed by atoms with van der Waals surface area (Å²) in [6.07, 6.45) is 3.47. The average Bonchev–Trinajstić information content (AvgIpc) is 3.20. The van der Waals surface area contributed by atoms with Crippen molar-refractivity contribution in [3.8, 4) is 0 Å². The van der Waals surface area contributed by atoms with E-state index in [4.69, 9.17) is 11.6 Å². The zero-order chi connectivity index (χ0) is 24.1. The van der Waals surface area contributed by atoms with Gasteiger partial charge in [-0.1, -0.05) is 41.6 Å². The maximum absolute atomic E-state index is 12.6. The molecule has 0 aliphatic carbocycles. The number of piperidine rings is 1. The highest BCUT2D eigenvalue weighted by Gasteiger charge is 2.33. The molecular formula is C25H27ClN4O3S. The number of nitrogens with one attached hydrogen (secondary N) is 2. The van der Waals surface area contributed by atoms with E-state index in [2.05, 4.69) is 20.5 Å². The van der Waals surface area contributed by atoms with Crippen LogP contribution in [-0.2, 0) is 9.59 Å². The molecule has 7 nitrogen and oxygen atoms in total. The second-order valence-electron chi connectivity index (χ2n) is 8.43. The fourth-order valence-corrected chi connectivity index (χ4v) is 5.42. The van der Waals surface area contributed by atoms with Crippen molar-refractivity contribution in [2.75, 3.05) is 18.4 Å². The lowest BCUT2D eigenvalue weighted by atomic mass is 10.1. The first-order valence-corrected chi connectivity index (χ1v) is 12.7. The van der Waals surface area contributed by atoms with Gasteiger partial charge in [0.25, 0.3) is 11.8 Å². The van der Waals surface area contributed by atoms with Gasteiger partial charge in [-0.15, -0.1) is 0 Å². The molecule has 0 spiro atoms. The molecule has 2 atom stereocenters. The molecule has 2 N–H and O–H groups in total. The standard InChI is InChI=1S/C25H27ClN4O3S/c1-16(19-7-3-4-8-20(19)26)27-23(32)17-9-11-18(12-10-17)28-22(31)15-21-24(33)29-25(34-21)30-13-5-2-6-14-30/h3-4,7-12,16,21H,2,5-6,13-15H2,1H3,(H,27,32)(H,28,31). The van der Waals surface area contributed by atoms with Crippen LogP contribution in [0.1, 0.15) is 54.6 Å². The molecule has 9 heteroatoms. The van der Waals surface area contributed by atoms with Gasteiger partial charge >= 0.3 is 0 Å². The van der Waals surface area contributed by atoms with Crippen molar-refractivity contribution in [1.29, 1.82) is 0 Å². The number of carbonyl (C=O) groups is 3. The minimum absolute atomic E-state index is 0.0575. The lowest BCUT2D eigenvalue weighted by Gasteiger charge is -2.27. The second kappa shape index (κ2) is 11.1. The monoisotopic (exact) mass is 498 g/mol. The number of amides is 3. The SMILES string of the molecule is CC(NC(=O)c1ccc(NC(=O)CC2SC(N3CCCCC3)=NC2=O)cc1)c1ccccc1Cl. The first-order chi connectivity index (χ1) is 16.4. The predicted octanol–water partition coefficient (Wildman–Crippen LogP) is 4.64. The molecule has 0 bridgehead atoms. The largest absolute Gasteiger partial charge is 0.351 e. The van der Waals surface area contributed by atoms with Crippen LogP contribution >= 0.6 is 23.4 Å². The summed E-state index contributed by atoms with van der Waals surface area (Å²) in [5.41, 5.74) is 1.87. The third-order valence-electron chi connectivity index (χ3n) is 5.88. The Morgan fingerprint density at radius 1 is 1.12 bits per heavy atom. The molecule has 178 valence electrons. The van der Waals surface area contributed by atoms with Crippen LogP contribution in [0.15, 0.2) is 53.5 Å². The summed E-state index contributed by atoms with van der Waals surface area (Å²) in [5.74, 6) is -0.744. The molecule has 2 aliphatic heterocycles. The Morgan fingerprint density at radius 3 is 2.53 bits per heavy atom. The van der Waals surface area contributed by atoms with Gasteiger partial charge in [0.15, 0.2) is 5.17 Å². The summed E-state index contributed by atoms with van der Waals surface area (Å²) in [7, 11) is 0. The number of hydrogen-bond donors (Lipinski definition) is 2. The van der Waals surface area contributed by atoms with Gasteiger partial charge in [0.05, 0.1) is 6.04 Å². The number of amidine groups is 1. The number of likely N-dealkylation sites (tertiary alicyclic amines) is 1. The molecular weight excluding hydrogens is 472 g/mol. The molecule has 2 aliphatic rings. The van der Waals surface area contributed by atoms with Gasteiger partial charge in [-0.2, -0.15) is 4.99 Å². The van der Waals surface area contributed by atoms with Crippen molar-refractivity contribution < 1.29 is 14.4 Å². The van der Waals surface area contributed by atoms with E-state index in [1.54, 1.807) is 30.3 Å². The number of thioether (sulfide) groups is 1. The van der Waals surface area contributed by atoms with E-state index in [1.807, 2.05) is 25.1 Å². The van der Waals surface area contributed by atoms with Gasteiger partial charge in [-0.3, -0.25) is 14.4 Å². The summed E-state index contributed by atoms with van der Waals surface area (Å²) in [4.78, 5) is 43.7. The molecule has 2 aromatic carbocycles. The Kier molecular flexibility index (Phi) is 7.90. The molecule has 0 radical (unpaired) electrons. The summed E-state index contributed by atoms with van der Waals surface area (Å²) >= 11 is 7.59. The van der Waals surface area contributed by atoms with Crippen LogP contribution in [0.25, 0.3) is 0 Å². The number of nitrogens with zero attached hydrogens (tertiary/aromatic N) is 2. The Hall–Kier alpha value is -2.84. The lowest BCUT2D eigenvalue weighted by Crippen LogP contribution is -2.33. The van der Waals surface area contributed by atoms with Gasteiger partial charge in [-0.05, 0) is 62.1 Å². The summed E-state index contributed by atoms with van der Waals surface area (Å²) in [6.45, 7) is 3.70. The Bertz CT molecular complexity index is 1100. The molecule has 1 fully saturated rings. The van der Waals surface area contributed by atoms with Crippen molar-refractivity contribution in [2.45, 2.75) is 43.9 Å². The Morgan fingerprint density at radius 2 is 1.82 bits per heavy atom. The Balaban J connectivity index is 1.28. The van der Waals surface area contributed by atoms with E-state index in [0.29, 0.717) is 16.3 Å². The molecule has 3 amide bonds. The maximum Gasteiger partial charge on any atom is 0.262 e. The zero-order valence-corrected chi connectivity index (χ0v) is 20.5. The molecule has 34 heavy (non-hydrogen) atoms. The van der Waals surface area contributed by atoms with E-state index in [-0.39, 0.29) is 30.2 Å². The number of hydrogen-bond acceptors (Lipinski definition) is 5. The van der Waals surface area contributed by atoms with Crippen molar-refractivity contribution in [3.63, 3.8) is 0 Å². The van der Waals surface area contributed by atoms with E-state index in [9.17, 15) is 14.4 Å². The molecule has 1 saturated heterocycles. The van der Waals surface area contributed by atoms with Crippen molar-refractivity contribution >= 4 is 51.9 Å². The Labute approximate surface area is 208 Å². The van der Waals surface area contributed by atoms with E-state index >= 15 is 0 Å². The van der Waals surface area contributed by atoms with E-state index in [1.165, 1.54) is 18.2 Å². The number of carbonyl (C=O) groups excluding carboxylic acids is 3. The number of anilines is 1. The number of halogens is 1. The van der Waals surface area contributed by atoms with Crippen molar-refractivity contribution in [1.82, 2.24) is 10.2 Å². The third kappa shape index (κ3) is 5.98. The zero-order valence-electron chi connectivity index (χ0n) is 18.9. The molecule has 2 heterocycles. The predicted molar refractivity (Wildman–Crippen MR) is 136 cm³/mol. The molecule has 0 aromatic heterocycles. The summed E-state index contributed by atoms with van der Waals surface area (Å²) in [5, 5.41) is 6.58. The van der Waals surface area contributed by atoms with Crippen LogP contribution in [0.3, 0.4) is 0 Å². The average molecular weight is 499 g/mol. The van der Waals surface area contributed by atoms with Gasteiger partial charge in [0, 0.05) is 35.8 Å². The molecule has 2 aromatic rings.